The molecule has 1 heterocycles. The number of pyridine rings is 1. The lowest BCUT2D eigenvalue weighted by molar-refractivity contribution is -0.116. The van der Waals surface area contributed by atoms with Crippen molar-refractivity contribution in [2.75, 3.05) is 32.6 Å². The second kappa shape index (κ2) is 13.6. The van der Waals surface area contributed by atoms with Crippen LogP contribution in [0, 0.1) is 6.92 Å². The maximum Gasteiger partial charge on any atom is 0.227 e. The zero-order chi connectivity index (χ0) is 21.1. The van der Waals surface area contributed by atoms with Gasteiger partial charge in [0.05, 0.1) is 20.8 Å². The summed E-state index contributed by atoms with van der Waals surface area (Å²) in [4.78, 5) is 20.8. The van der Waals surface area contributed by atoms with Gasteiger partial charge in [0, 0.05) is 25.7 Å². The van der Waals surface area contributed by atoms with E-state index in [1.54, 1.807) is 26.5 Å². The number of nitrogens with zero attached hydrogens (tertiary/aromatic N) is 2. The van der Waals surface area contributed by atoms with E-state index < -0.39 is 0 Å². The lowest BCUT2D eigenvalue weighted by Crippen LogP contribution is -2.38. The van der Waals surface area contributed by atoms with E-state index >= 15 is 0 Å². The first-order valence-electron chi connectivity index (χ1n) is 9.51. The molecule has 1 aromatic carbocycles. The number of carbonyl (C=O) groups excluding carboxylic acids is 1. The van der Waals surface area contributed by atoms with Crippen molar-refractivity contribution in [1.82, 2.24) is 15.6 Å². The largest absolute Gasteiger partial charge is 0.493 e. The molecule has 1 aromatic heterocycles. The number of ether oxygens (including phenoxy) is 2. The van der Waals surface area contributed by atoms with E-state index in [9.17, 15) is 4.79 Å². The van der Waals surface area contributed by atoms with Crippen LogP contribution in [-0.4, -0.2) is 44.2 Å². The first-order valence-corrected chi connectivity index (χ1v) is 9.51. The Bertz CT molecular complexity index is 828. The highest BCUT2D eigenvalue weighted by atomic mass is 127. The van der Waals surface area contributed by atoms with E-state index in [-0.39, 0.29) is 29.9 Å². The van der Waals surface area contributed by atoms with E-state index in [0.717, 1.165) is 17.7 Å². The maximum absolute atomic E-state index is 12.1. The predicted octanol–water partition coefficient (Wildman–Crippen LogP) is 3.11. The van der Waals surface area contributed by atoms with Gasteiger partial charge in [-0.3, -0.25) is 4.79 Å². The lowest BCUT2D eigenvalue weighted by atomic mass is 10.2. The van der Waals surface area contributed by atoms with Crippen molar-refractivity contribution >= 4 is 41.7 Å². The Balaban J connectivity index is 0.00000450. The van der Waals surface area contributed by atoms with Gasteiger partial charge in [-0.05, 0) is 43.2 Å². The summed E-state index contributed by atoms with van der Waals surface area (Å²) in [7, 11) is 3.21. The van der Waals surface area contributed by atoms with Crippen molar-refractivity contribution in [3.63, 3.8) is 0 Å². The minimum absolute atomic E-state index is 0. The zero-order valence-corrected chi connectivity index (χ0v) is 20.2. The van der Waals surface area contributed by atoms with Crippen molar-refractivity contribution in [1.29, 1.82) is 0 Å². The first-order chi connectivity index (χ1) is 14.0. The number of carbonyl (C=O) groups is 1. The summed E-state index contributed by atoms with van der Waals surface area (Å²) < 4.78 is 10.6. The molecule has 0 aliphatic heterocycles. The van der Waals surface area contributed by atoms with Crippen LogP contribution in [0.4, 0.5) is 5.82 Å². The number of hydrogen-bond donors (Lipinski definition) is 3. The fourth-order valence-electron chi connectivity index (χ4n) is 2.53. The Labute approximate surface area is 194 Å². The van der Waals surface area contributed by atoms with Gasteiger partial charge in [0.15, 0.2) is 17.5 Å². The second-order valence-corrected chi connectivity index (χ2v) is 6.33. The number of aryl methyl sites for hydroxylation is 1. The van der Waals surface area contributed by atoms with Gasteiger partial charge in [-0.25, -0.2) is 9.98 Å². The maximum atomic E-state index is 12.1. The van der Waals surface area contributed by atoms with Gasteiger partial charge in [0.2, 0.25) is 5.91 Å². The Hall–Kier alpha value is -2.56. The molecule has 0 fully saturated rings. The predicted molar refractivity (Wildman–Crippen MR) is 130 cm³/mol. The first kappa shape index (κ1) is 25.5. The van der Waals surface area contributed by atoms with Crippen LogP contribution in [0.15, 0.2) is 41.5 Å². The van der Waals surface area contributed by atoms with E-state index in [0.29, 0.717) is 42.8 Å². The third-order valence-electron chi connectivity index (χ3n) is 4.04. The summed E-state index contributed by atoms with van der Waals surface area (Å²) in [5, 5.41) is 9.12. The van der Waals surface area contributed by atoms with Gasteiger partial charge in [-0.15, -0.1) is 24.0 Å². The molecular formula is C21H30IN5O3. The smallest absolute Gasteiger partial charge is 0.227 e. The molecule has 0 aliphatic carbocycles. The molecule has 0 radical (unpaired) electrons. The van der Waals surface area contributed by atoms with Crippen molar-refractivity contribution in [3.8, 4) is 11.5 Å². The molecule has 2 rings (SSSR count). The zero-order valence-electron chi connectivity index (χ0n) is 17.8. The molecule has 0 aliphatic rings. The molecule has 0 bridgehead atoms. The highest BCUT2D eigenvalue weighted by molar-refractivity contribution is 14.0. The van der Waals surface area contributed by atoms with Gasteiger partial charge >= 0.3 is 0 Å². The number of aliphatic imine (C=N–C) groups is 1. The normalized spacial score (nSPS) is 10.6. The minimum atomic E-state index is -0.107. The molecule has 164 valence electrons. The van der Waals surface area contributed by atoms with Crippen LogP contribution in [0.2, 0.25) is 0 Å². The third kappa shape index (κ3) is 8.44. The van der Waals surface area contributed by atoms with Crippen molar-refractivity contribution in [2.24, 2.45) is 4.99 Å². The lowest BCUT2D eigenvalue weighted by Gasteiger charge is -2.12. The van der Waals surface area contributed by atoms with Gasteiger partial charge in [0.1, 0.15) is 5.82 Å². The molecule has 1 amide bonds. The van der Waals surface area contributed by atoms with Gasteiger partial charge in [0.25, 0.3) is 0 Å². The van der Waals surface area contributed by atoms with Gasteiger partial charge in [-0.2, -0.15) is 0 Å². The average Bonchev–Trinajstić information content (AvgIpc) is 2.73. The van der Waals surface area contributed by atoms with Crippen LogP contribution in [0.1, 0.15) is 24.5 Å². The van der Waals surface area contributed by atoms with Crippen LogP contribution < -0.4 is 25.4 Å². The molecule has 9 heteroatoms. The van der Waals surface area contributed by atoms with Crippen LogP contribution in [0.5, 0.6) is 11.5 Å². The molecule has 8 nitrogen and oxygen atoms in total. The van der Waals surface area contributed by atoms with Gasteiger partial charge < -0.3 is 25.4 Å². The summed E-state index contributed by atoms with van der Waals surface area (Å²) in [6.45, 7) is 5.58. The number of benzene rings is 1. The third-order valence-corrected chi connectivity index (χ3v) is 4.04. The monoisotopic (exact) mass is 527 g/mol. The SMILES string of the molecule is CCNC(=NCc1ccc(OC)c(OC)c1)NCCC(=O)Nc1ccc(C)cn1.I. The molecule has 0 atom stereocenters. The van der Waals surface area contributed by atoms with E-state index in [1.165, 1.54) is 0 Å². The number of rotatable bonds is 9. The summed E-state index contributed by atoms with van der Waals surface area (Å²) >= 11 is 0. The quantitative estimate of drug-likeness (QED) is 0.264. The fraction of sp³-hybridized carbons (Fsp3) is 0.381. The Morgan fingerprint density at radius 2 is 1.87 bits per heavy atom. The highest BCUT2D eigenvalue weighted by Gasteiger charge is 2.06. The molecule has 30 heavy (non-hydrogen) atoms. The Kier molecular flexibility index (Phi) is 11.6. The minimum Gasteiger partial charge on any atom is -0.493 e. The molecule has 0 spiro atoms. The molecule has 0 saturated heterocycles. The number of hydrogen-bond acceptors (Lipinski definition) is 5. The molecule has 0 saturated carbocycles. The fourth-order valence-corrected chi connectivity index (χ4v) is 2.53. The summed E-state index contributed by atoms with van der Waals surface area (Å²) in [6, 6.07) is 9.39. The Morgan fingerprint density at radius 1 is 1.10 bits per heavy atom. The number of amides is 1. The van der Waals surface area contributed by atoms with E-state index in [2.05, 4.69) is 25.9 Å². The van der Waals surface area contributed by atoms with Crippen LogP contribution >= 0.6 is 24.0 Å². The second-order valence-electron chi connectivity index (χ2n) is 6.33. The molecule has 0 unspecified atom stereocenters. The van der Waals surface area contributed by atoms with Gasteiger partial charge in [-0.1, -0.05) is 12.1 Å². The number of aromatic nitrogens is 1. The summed E-state index contributed by atoms with van der Waals surface area (Å²) in [5.74, 6) is 2.43. The van der Waals surface area contributed by atoms with Crippen LogP contribution in [-0.2, 0) is 11.3 Å². The molecule has 2 aromatic rings. The Morgan fingerprint density at radius 3 is 2.50 bits per heavy atom. The number of halogens is 1. The number of anilines is 1. The standard InChI is InChI=1S/C21H29N5O3.HI/c1-5-22-21(25-14-16-7-8-17(28-3)18(12-16)29-4)23-11-10-20(27)26-19-9-6-15(2)13-24-19;/h6-9,12-13H,5,10-11,14H2,1-4H3,(H2,22,23,25)(H,24,26,27);1H. The van der Waals surface area contributed by atoms with Crippen molar-refractivity contribution in [2.45, 2.75) is 26.8 Å². The summed E-state index contributed by atoms with van der Waals surface area (Å²) in [5.41, 5.74) is 2.04. The van der Waals surface area contributed by atoms with Crippen molar-refractivity contribution in [3.05, 3.63) is 47.7 Å². The van der Waals surface area contributed by atoms with Crippen LogP contribution in [0.25, 0.3) is 0 Å². The molecule has 3 N–H and O–H groups in total. The highest BCUT2D eigenvalue weighted by Crippen LogP contribution is 2.27. The number of methoxy groups -OCH3 is 2. The number of guanidine groups is 1. The van der Waals surface area contributed by atoms with E-state index in [1.807, 2.05) is 38.1 Å². The van der Waals surface area contributed by atoms with E-state index in [4.69, 9.17) is 9.47 Å². The topological polar surface area (TPSA) is 96.9 Å². The summed E-state index contributed by atoms with van der Waals surface area (Å²) in [6.07, 6.45) is 2.02. The van der Waals surface area contributed by atoms with Crippen molar-refractivity contribution < 1.29 is 14.3 Å². The number of nitrogens with one attached hydrogen (secondary N) is 3. The van der Waals surface area contributed by atoms with Crippen LogP contribution in [0.3, 0.4) is 0 Å². The molecular weight excluding hydrogens is 497 g/mol. The average molecular weight is 527 g/mol.